The lowest BCUT2D eigenvalue weighted by atomic mass is 10.2. The molecule has 1 heterocycles. The second-order valence-corrected chi connectivity index (χ2v) is 7.95. The van der Waals surface area contributed by atoms with E-state index in [1.165, 1.54) is 16.7 Å². The highest BCUT2D eigenvalue weighted by Crippen LogP contribution is 2.29. The Morgan fingerprint density at radius 3 is 2.35 bits per heavy atom. The Labute approximate surface area is 194 Å². The number of aromatic nitrogens is 4. The molecule has 11 heteroatoms. The molecule has 1 aromatic heterocycles. The lowest BCUT2D eigenvalue weighted by Crippen LogP contribution is -2.40. The number of rotatable bonds is 7. The maximum absolute atomic E-state index is 12.9. The van der Waals surface area contributed by atoms with Crippen molar-refractivity contribution in [2.45, 2.75) is 19.4 Å². The van der Waals surface area contributed by atoms with Crippen molar-refractivity contribution in [2.75, 3.05) is 18.9 Å². The van der Waals surface area contributed by atoms with Crippen LogP contribution in [0.2, 0.25) is 15.1 Å². The molecule has 1 N–H and O–H groups in total. The van der Waals surface area contributed by atoms with Crippen molar-refractivity contribution in [3.05, 3.63) is 57.5 Å². The van der Waals surface area contributed by atoms with Crippen LogP contribution < -0.4 is 5.32 Å². The Kier molecular flexibility index (Phi) is 7.48. The molecule has 3 rings (SSSR count). The zero-order chi connectivity index (χ0) is 22.5. The second-order valence-electron chi connectivity index (χ2n) is 6.70. The Morgan fingerprint density at radius 2 is 1.74 bits per heavy atom. The van der Waals surface area contributed by atoms with Crippen LogP contribution in [0.15, 0.2) is 42.5 Å². The van der Waals surface area contributed by atoms with Crippen LogP contribution in [0.5, 0.6) is 0 Å². The lowest BCUT2D eigenvalue weighted by Gasteiger charge is -2.22. The Hall–Kier alpha value is -2.68. The fourth-order valence-corrected chi connectivity index (χ4v) is 3.47. The van der Waals surface area contributed by atoms with Crippen LogP contribution in [-0.2, 0) is 9.59 Å². The fourth-order valence-electron chi connectivity index (χ4n) is 2.85. The largest absolute Gasteiger partial charge is 0.335 e. The molecule has 31 heavy (non-hydrogen) atoms. The Bertz CT molecular complexity index is 1070. The Balaban J connectivity index is 1.68. The number of carbonyl (C=O) groups is 2. The third-order valence-electron chi connectivity index (χ3n) is 4.47. The highest BCUT2D eigenvalue weighted by Gasteiger charge is 2.26. The van der Waals surface area contributed by atoms with E-state index >= 15 is 0 Å². The van der Waals surface area contributed by atoms with Gasteiger partial charge in [-0.3, -0.25) is 9.59 Å². The van der Waals surface area contributed by atoms with Crippen molar-refractivity contribution in [1.29, 1.82) is 0 Å². The minimum Gasteiger partial charge on any atom is -0.335 e. The first-order valence-electron chi connectivity index (χ1n) is 9.34. The minimum atomic E-state index is -0.713. The SMILES string of the molecule is CCC(C(=O)N(C)CC(=O)Nc1c(Cl)cccc1Cl)n1nnc(-c2ccc(Cl)cc2)n1. The summed E-state index contributed by atoms with van der Waals surface area (Å²) in [7, 11) is 1.52. The van der Waals surface area contributed by atoms with E-state index in [1.54, 1.807) is 42.5 Å². The van der Waals surface area contributed by atoms with Gasteiger partial charge in [-0.25, -0.2) is 0 Å². The standard InChI is InChI=1S/C20H19Cl3N6O2/c1-3-16(29-26-19(25-27-29)12-7-9-13(21)10-8-12)20(31)28(2)11-17(30)24-18-14(22)5-4-6-15(18)23/h4-10,16H,3,11H2,1-2H3,(H,24,30). The van der Waals surface area contributed by atoms with Gasteiger partial charge >= 0.3 is 0 Å². The summed E-state index contributed by atoms with van der Waals surface area (Å²) in [4.78, 5) is 27.9. The van der Waals surface area contributed by atoms with Gasteiger partial charge in [0.15, 0.2) is 6.04 Å². The first-order chi connectivity index (χ1) is 14.8. The second kappa shape index (κ2) is 10.1. The average molecular weight is 482 g/mol. The number of hydrogen-bond acceptors (Lipinski definition) is 5. The molecule has 162 valence electrons. The van der Waals surface area contributed by atoms with Crippen molar-refractivity contribution >= 4 is 52.3 Å². The molecule has 8 nitrogen and oxygen atoms in total. The summed E-state index contributed by atoms with van der Waals surface area (Å²) in [6, 6.07) is 11.2. The number of halogens is 3. The molecule has 0 bridgehead atoms. The van der Waals surface area contributed by atoms with Crippen molar-refractivity contribution < 1.29 is 9.59 Å². The number of tetrazole rings is 1. The zero-order valence-corrected chi connectivity index (χ0v) is 19.0. The molecule has 0 fully saturated rings. The number of amides is 2. The van der Waals surface area contributed by atoms with Gasteiger partial charge in [0, 0.05) is 17.6 Å². The number of carbonyl (C=O) groups excluding carboxylic acids is 2. The first-order valence-corrected chi connectivity index (χ1v) is 10.5. The van der Waals surface area contributed by atoms with Gasteiger partial charge in [0.1, 0.15) is 0 Å². The van der Waals surface area contributed by atoms with Gasteiger partial charge in [0.05, 0.1) is 22.3 Å². The molecule has 2 aromatic carbocycles. The smallest absolute Gasteiger partial charge is 0.249 e. The van der Waals surface area contributed by atoms with Gasteiger partial charge in [-0.1, -0.05) is 47.8 Å². The van der Waals surface area contributed by atoms with E-state index in [-0.39, 0.29) is 12.5 Å². The molecule has 0 saturated carbocycles. The van der Waals surface area contributed by atoms with Crippen LogP contribution in [-0.4, -0.2) is 50.5 Å². The van der Waals surface area contributed by atoms with Crippen LogP contribution in [0, 0.1) is 0 Å². The molecular formula is C20H19Cl3N6O2. The van der Waals surface area contributed by atoms with Crippen LogP contribution in [0.4, 0.5) is 5.69 Å². The summed E-state index contributed by atoms with van der Waals surface area (Å²) in [6.07, 6.45) is 0.414. The number of nitrogens with one attached hydrogen (secondary N) is 1. The van der Waals surface area contributed by atoms with Gasteiger partial charge in [0.25, 0.3) is 0 Å². The van der Waals surface area contributed by atoms with E-state index in [4.69, 9.17) is 34.8 Å². The van der Waals surface area contributed by atoms with E-state index in [9.17, 15) is 9.59 Å². The number of nitrogens with zero attached hydrogens (tertiary/aromatic N) is 5. The van der Waals surface area contributed by atoms with Gasteiger partial charge in [-0.05, 0) is 48.0 Å². The van der Waals surface area contributed by atoms with E-state index in [0.717, 1.165) is 5.56 Å². The zero-order valence-electron chi connectivity index (χ0n) is 16.7. The normalized spacial score (nSPS) is 11.8. The quantitative estimate of drug-likeness (QED) is 0.541. The summed E-state index contributed by atoms with van der Waals surface area (Å²) < 4.78 is 0. The molecule has 0 aliphatic heterocycles. The molecule has 1 unspecified atom stereocenters. The van der Waals surface area contributed by atoms with Gasteiger partial charge in [-0.15, -0.1) is 10.2 Å². The summed E-state index contributed by atoms with van der Waals surface area (Å²) >= 11 is 18.1. The maximum atomic E-state index is 12.9. The number of hydrogen-bond donors (Lipinski definition) is 1. The van der Waals surface area contributed by atoms with Crippen LogP contribution in [0.25, 0.3) is 11.4 Å². The van der Waals surface area contributed by atoms with Gasteiger partial charge < -0.3 is 10.2 Å². The molecular weight excluding hydrogens is 463 g/mol. The molecule has 2 amide bonds. The van der Waals surface area contributed by atoms with Gasteiger partial charge in [0.2, 0.25) is 17.6 Å². The highest BCUT2D eigenvalue weighted by molar-refractivity contribution is 6.39. The predicted molar refractivity (Wildman–Crippen MR) is 120 cm³/mol. The molecule has 3 aromatic rings. The number of para-hydroxylation sites is 1. The molecule has 0 aliphatic rings. The van der Waals surface area contributed by atoms with E-state index < -0.39 is 11.9 Å². The topological polar surface area (TPSA) is 93.0 Å². The molecule has 1 atom stereocenters. The van der Waals surface area contributed by atoms with Crippen LogP contribution >= 0.6 is 34.8 Å². The molecule has 0 spiro atoms. The fraction of sp³-hybridized carbons (Fsp3) is 0.250. The number of anilines is 1. The van der Waals surface area contributed by atoms with Crippen molar-refractivity contribution in [3.63, 3.8) is 0 Å². The average Bonchev–Trinajstić information content (AvgIpc) is 3.21. The van der Waals surface area contributed by atoms with E-state index in [2.05, 4.69) is 20.7 Å². The minimum absolute atomic E-state index is 0.199. The van der Waals surface area contributed by atoms with Gasteiger partial charge in [-0.2, -0.15) is 4.80 Å². The summed E-state index contributed by atoms with van der Waals surface area (Å²) in [5.41, 5.74) is 1.02. The van der Waals surface area contributed by atoms with E-state index in [0.29, 0.717) is 33.0 Å². The van der Waals surface area contributed by atoms with Crippen LogP contribution in [0.1, 0.15) is 19.4 Å². The first kappa shape index (κ1) is 23.0. The third kappa shape index (κ3) is 5.52. The number of likely N-dealkylation sites (N-methyl/N-ethyl adjacent to an activating group) is 1. The highest BCUT2D eigenvalue weighted by atomic mass is 35.5. The van der Waals surface area contributed by atoms with Crippen molar-refractivity contribution in [2.24, 2.45) is 0 Å². The Morgan fingerprint density at radius 1 is 1.10 bits per heavy atom. The predicted octanol–water partition coefficient (Wildman–Crippen LogP) is 4.35. The van der Waals surface area contributed by atoms with Crippen molar-refractivity contribution in [3.8, 4) is 11.4 Å². The molecule has 0 aliphatic carbocycles. The maximum Gasteiger partial charge on any atom is 0.249 e. The third-order valence-corrected chi connectivity index (χ3v) is 5.35. The van der Waals surface area contributed by atoms with Crippen LogP contribution in [0.3, 0.4) is 0 Å². The molecule has 0 saturated heterocycles. The molecule has 0 radical (unpaired) electrons. The summed E-state index contributed by atoms with van der Waals surface area (Å²) in [5.74, 6) is -0.395. The monoisotopic (exact) mass is 480 g/mol. The summed E-state index contributed by atoms with van der Waals surface area (Å²) in [5, 5.41) is 16.2. The number of benzene rings is 2. The lowest BCUT2D eigenvalue weighted by molar-refractivity contribution is -0.137. The van der Waals surface area contributed by atoms with E-state index in [1.807, 2.05) is 6.92 Å². The summed E-state index contributed by atoms with van der Waals surface area (Å²) in [6.45, 7) is 1.63. The van der Waals surface area contributed by atoms with Crippen molar-refractivity contribution in [1.82, 2.24) is 25.1 Å².